The average Bonchev–Trinajstić information content (AvgIpc) is 3.12. The molecule has 3 amide bonds. The molecule has 7 heteroatoms. The normalized spacial score (nSPS) is 32.6. The van der Waals surface area contributed by atoms with E-state index in [1.807, 2.05) is 12.1 Å². The third-order valence-electron chi connectivity index (χ3n) is 8.10. The molecule has 0 spiro atoms. The largest absolute Gasteiger partial charge is 0.322 e. The number of carbonyl (C=O) groups is 3. The first-order valence-electron chi connectivity index (χ1n) is 12.7. The number of piperidine rings is 1. The van der Waals surface area contributed by atoms with E-state index in [0.29, 0.717) is 36.9 Å². The molecule has 5 rings (SSSR count). The Morgan fingerprint density at radius 2 is 1.73 bits per heavy atom. The fraction of sp³-hybridized carbons (Fsp3) is 0.654. The van der Waals surface area contributed by atoms with Gasteiger partial charge < -0.3 is 10.2 Å². The molecule has 5 atom stereocenters. The molecule has 3 fully saturated rings. The van der Waals surface area contributed by atoms with Crippen LogP contribution in [0.3, 0.4) is 0 Å². The lowest BCUT2D eigenvalue weighted by Gasteiger charge is -2.37. The predicted octanol–water partition coefficient (Wildman–Crippen LogP) is 3.42. The number of alkyl halides is 1. The van der Waals surface area contributed by atoms with Gasteiger partial charge in [0.1, 0.15) is 12.2 Å². The van der Waals surface area contributed by atoms with E-state index >= 15 is 0 Å². The molecule has 2 aliphatic carbocycles. The average molecular weight is 456 g/mol. The van der Waals surface area contributed by atoms with E-state index in [-0.39, 0.29) is 30.2 Å². The second-order valence-corrected chi connectivity index (χ2v) is 10.3. The van der Waals surface area contributed by atoms with Crippen molar-refractivity contribution in [2.75, 3.05) is 0 Å². The van der Waals surface area contributed by atoms with Crippen molar-refractivity contribution in [3.8, 4) is 0 Å². The van der Waals surface area contributed by atoms with E-state index in [9.17, 15) is 18.8 Å². The number of rotatable bonds is 5. The second kappa shape index (κ2) is 9.53. The van der Waals surface area contributed by atoms with Crippen molar-refractivity contribution in [1.29, 1.82) is 0 Å². The minimum atomic E-state index is -0.731. The van der Waals surface area contributed by atoms with E-state index in [0.717, 1.165) is 44.1 Å². The molecule has 33 heavy (non-hydrogen) atoms. The van der Waals surface area contributed by atoms with Gasteiger partial charge >= 0.3 is 0 Å². The molecule has 178 valence electrons. The summed E-state index contributed by atoms with van der Waals surface area (Å²) >= 11 is 0. The highest BCUT2D eigenvalue weighted by Crippen LogP contribution is 2.33. The molecule has 4 aliphatic rings. The lowest BCUT2D eigenvalue weighted by Crippen LogP contribution is -2.52. The van der Waals surface area contributed by atoms with E-state index in [2.05, 4.69) is 16.7 Å². The number of benzene rings is 1. The number of carbonyl (C=O) groups excluding carboxylic acids is 3. The molecular formula is C26H34FN3O3. The lowest BCUT2D eigenvalue weighted by molar-refractivity contribution is -0.136. The van der Waals surface area contributed by atoms with Crippen LogP contribution < -0.4 is 10.6 Å². The molecule has 2 aliphatic heterocycles. The van der Waals surface area contributed by atoms with Crippen LogP contribution in [0, 0.1) is 5.92 Å². The van der Waals surface area contributed by atoms with Crippen molar-refractivity contribution < 1.29 is 18.8 Å². The summed E-state index contributed by atoms with van der Waals surface area (Å²) < 4.78 is 14.4. The highest BCUT2D eigenvalue weighted by Gasteiger charge is 2.39. The minimum Gasteiger partial charge on any atom is -0.322 e. The Balaban J connectivity index is 1.26. The standard InChI is InChI=1S/C26H34FN3O3/c27-20-6-2-4-8-22(20)28-21-7-3-1-5-17(21)13-16-9-10-19-18(14-16)15-30(26(19)33)23-11-12-24(31)29-25(23)32/h9-10,14,17,20-23,28H,1-8,11-13,15H2,(H,29,31,32)/t17-,20+,21+,22?,23?/m1/s1. The Kier molecular flexibility index (Phi) is 6.50. The van der Waals surface area contributed by atoms with Gasteiger partial charge in [-0.25, -0.2) is 4.39 Å². The van der Waals surface area contributed by atoms with E-state index in [1.165, 1.54) is 18.4 Å². The third kappa shape index (κ3) is 4.70. The summed E-state index contributed by atoms with van der Waals surface area (Å²) in [5, 5.41) is 6.04. The van der Waals surface area contributed by atoms with Crippen LogP contribution in [0.2, 0.25) is 0 Å². The first-order valence-corrected chi connectivity index (χ1v) is 12.7. The van der Waals surface area contributed by atoms with Crippen LogP contribution in [0.15, 0.2) is 18.2 Å². The fourth-order valence-corrected chi connectivity index (χ4v) is 6.28. The topological polar surface area (TPSA) is 78.5 Å². The van der Waals surface area contributed by atoms with Crippen LogP contribution >= 0.6 is 0 Å². The van der Waals surface area contributed by atoms with Gasteiger partial charge in [-0.05, 0) is 61.6 Å². The summed E-state index contributed by atoms with van der Waals surface area (Å²) in [6, 6.07) is 5.79. The monoisotopic (exact) mass is 455 g/mol. The van der Waals surface area contributed by atoms with Gasteiger partial charge in [-0.3, -0.25) is 19.7 Å². The van der Waals surface area contributed by atoms with E-state index in [4.69, 9.17) is 0 Å². The predicted molar refractivity (Wildman–Crippen MR) is 122 cm³/mol. The molecule has 2 heterocycles. The number of halogens is 1. The first kappa shape index (κ1) is 22.5. The van der Waals surface area contributed by atoms with E-state index < -0.39 is 12.2 Å². The highest BCUT2D eigenvalue weighted by molar-refractivity contribution is 6.05. The molecule has 1 saturated heterocycles. The minimum absolute atomic E-state index is 0.0101. The second-order valence-electron chi connectivity index (χ2n) is 10.3. The fourth-order valence-electron chi connectivity index (χ4n) is 6.28. The van der Waals surface area contributed by atoms with Crippen molar-refractivity contribution >= 4 is 17.7 Å². The number of fused-ring (bicyclic) bond motifs is 1. The van der Waals surface area contributed by atoms with Crippen LogP contribution in [0.4, 0.5) is 4.39 Å². The van der Waals surface area contributed by atoms with Crippen molar-refractivity contribution in [2.24, 2.45) is 5.92 Å². The smallest absolute Gasteiger partial charge is 0.255 e. The molecule has 0 radical (unpaired) electrons. The zero-order valence-corrected chi connectivity index (χ0v) is 19.2. The maximum atomic E-state index is 14.4. The maximum absolute atomic E-state index is 14.4. The summed E-state index contributed by atoms with van der Waals surface area (Å²) in [5.41, 5.74) is 2.81. The van der Waals surface area contributed by atoms with Crippen LogP contribution in [0.5, 0.6) is 0 Å². The molecule has 0 aromatic heterocycles. The summed E-state index contributed by atoms with van der Waals surface area (Å²) in [6.07, 6.45) is 9.18. The van der Waals surface area contributed by atoms with Gasteiger partial charge in [0.05, 0.1) is 0 Å². The van der Waals surface area contributed by atoms with Gasteiger partial charge in [-0.1, -0.05) is 37.8 Å². The number of hydrogen-bond acceptors (Lipinski definition) is 4. The SMILES string of the molecule is O=C1CCC(N2Cc3cc(C[C@H]4CCCC[C@@H]4NC4CCCC[C@@H]4F)ccc3C2=O)C(=O)N1. The molecular weight excluding hydrogens is 421 g/mol. The number of imide groups is 1. The number of amides is 3. The number of hydrogen-bond donors (Lipinski definition) is 2. The molecule has 2 saturated carbocycles. The van der Waals surface area contributed by atoms with Crippen molar-refractivity contribution in [3.05, 3.63) is 34.9 Å². The van der Waals surface area contributed by atoms with Crippen LogP contribution in [-0.4, -0.2) is 46.9 Å². The molecule has 0 bridgehead atoms. The molecule has 2 N–H and O–H groups in total. The summed E-state index contributed by atoms with van der Waals surface area (Å²) in [6.45, 7) is 0.409. The summed E-state index contributed by atoms with van der Waals surface area (Å²) in [4.78, 5) is 38.3. The third-order valence-corrected chi connectivity index (χ3v) is 8.10. The van der Waals surface area contributed by atoms with Gasteiger partial charge in [-0.15, -0.1) is 0 Å². The summed E-state index contributed by atoms with van der Waals surface area (Å²) in [7, 11) is 0. The Morgan fingerprint density at radius 3 is 2.52 bits per heavy atom. The van der Waals surface area contributed by atoms with Crippen molar-refractivity contribution in [3.63, 3.8) is 0 Å². The Labute approximate surface area is 194 Å². The molecule has 1 aromatic rings. The van der Waals surface area contributed by atoms with Gasteiger partial charge in [0.15, 0.2) is 0 Å². The quantitative estimate of drug-likeness (QED) is 0.667. The van der Waals surface area contributed by atoms with Gasteiger partial charge in [-0.2, -0.15) is 0 Å². The Hall–Kier alpha value is -2.28. The van der Waals surface area contributed by atoms with Gasteiger partial charge in [0.2, 0.25) is 11.8 Å². The molecule has 2 unspecified atom stereocenters. The Bertz CT molecular complexity index is 935. The lowest BCUT2D eigenvalue weighted by atomic mass is 9.79. The molecule has 6 nitrogen and oxygen atoms in total. The first-order chi connectivity index (χ1) is 16.0. The summed E-state index contributed by atoms with van der Waals surface area (Å²) in [5.74, 6) is -0.313. The van der Waals surface area contributed by atoms with Gasteiger partial charge in [0, 0.05) is 30.6 Å². The van der Waals surface area contributed by atoms with E-state index in [1.54, 1.807) is 4.90 Å². The zero-order valence-electron chi connectivity index (χ0n) is 19.2. The van der Waals surface area contributed by atoms with Crippen LogP contribution in [0.1, 0.15) is 85.7 Å². The number of nitrogens with zero attached hydrogens (tertiary/aromatic N) is 1. The maximum Gasteiger partial charge on any atom is 0.255 e. The highest BCUT2D eigenvalue weighted by atomic mass is 19.1. The number of nitrogens with one attached hydrogen (secondary N) is 2. The molecule has 1 aromatic carbocycles. The van der Waals surface area contributed by atoms with Gasteiger partial charge in [0.25, 0.3) is 5.91 Å². The van der Waals surface area contributed by atoms with Crippen molar-refractivity contribution in [2.45, 2.75) is 101 Å². The van der Waals surface area contributed by atoms with Crippen LogP contribution in [0.25, 0.3) is 0 Å². The zero-order chi connectivity index (χ0) is 22.9. The van der Waals surface area contributed by atoms with Crippen LogP contribution in [-0.2, 0) is 22.6 Å². The Morgan fingerprint density at radius 1 is 0.970 bits per heavy atom. The van der Waals surface area contributed by atoms with Crippen molar-refractivity contribution in [1.82, 2.24) is 15.5 Å².